The van der Waals surface area contributed by atoms with Crippen LogP contribution in [0.5, 0.6) is 0 Å². The van der Waals surface area contributed by atoms with Crippen LogP contribution in [0.3, 0.4) is 0 Å². The van der Waals surface area contributed by atoms with E-state index < -0.39 is 33.7 Å². The van der Waals surface area contributed by atoms with Gasteiger partial charge in [-0.3, -0.25) is 0 Å². The van der Waals surface area contributed by atoms with Crippen LogP contribution in [0.25, 0.3) is 13.2 Å². The summed E-state index contributed by atoms with van der Waals surface area (Å²) in [5, 5.41) is 3.61. The van der Waals surface area contributed by atoms with Gasteiger partial charge >= 0.3 is 167 Å². The molecule has 1 aliphatic carbocycles. The van der Waals surface area contributed by atoms with Gasteiger partial charge in [-0.1, -0.05) is 0 Å². The second-order valence-electron chi connectivity index (χ2n) is 6.60. The van der Waals surface area contributed by atoms with Crippen LogP contribution in [0.1, 0.15) is 24.3 Å². The molecule has 0 amide bonds. The maximum atomic E-state index is 12.5. The summed E-state index contributed by atoms with van der Waals surface area (Å²) in [4.78, 5) is 25.0. The van der Waals surface area contributed by atoms with Crippen molar-refractivity contribution in [3.63, 3.8) is 0 Å². The minimum absolute atomic E-state index is 0.0753. The summed E-state index contributed by atoms with van der Waals surface area (Å²) in [7, 11) is 0. The fourth-order valence-corrected chi connectivity index (χ4v) is 28.4. The van der Waals surface area contributed by atoms with E-state index in [1.807, 2.05) is 6.08 Å². The van der Waals surface area contributed by atoms with Crippen LogP contribution in [0.2, 0.25) is 11.5 Å². The molecule has 5 rings (SSSR count). The van der Waals surface area contributed by atoms with Crippen LogP contribution < -0.4 is 8.79 Å². The van der Waals surface area contributed by atoms with Crippen molar-refractivity contribution in [2.75, 3.05) is 0 Å². The molecule has 3 aromatic heterocycles. The quantitative estimate of drug-likeness (QED) is 0.238. The summed E-state index contributed by atoms with van der Waals surface area (Å²) < 4.78 is 10.4. The van der Waals surface area contributed by atoms with E-state index in [1.165, 1.54) is 14.9 Å². The Morgan fingerprint density at radius 2 is 1.75 bits per heavy atom. The van der Waals surface area contributed by atoms with Gasteiger partial charge in [0.2, 0.25) is 0 Å². The van der Waals surface area contributed by atoms with Crippen LogP contribution in [0.4, 0.5) is 0 Å². The van der Waals surface area contributed by atoms with E-state index in [9.17, 15) is 9.59 Å². The number of carbonyl (C=O) groups excluding carboxylic acids is 2. The van der Waals surface area contributed by atoms with Gasteiger partial charge in [-0.25, -0.2) is 0 Å². The van der Waals surface area contributed by atoms with Crippen molar-refractivity contribution in [3.8, 4) is 7.16 Å². The van der Waals surface area contributed by atoms with E-state index >= 15 is 0 Å². The predicted molar refractivity (Wildman–Crippen MR) is 103 cm³/mol. The van der Waals surface area contributed by atoms with Crippen molar-refractivity contribution in [2.24, 2.45) is 0 Å². The molecule has 6 heteroatoms. The average Bonchev–Trinajstić information content (AvgIpc) is 3.31. The molecule has 0 radical (unpaired) electrons. The van der Waals surface area contributed by atoms with Crippen molar-refractivity contribution in [2.45, 2.75) is 11.5 Å². The molecule has 0 saturated heterocycles. The van der Waals surface area contributed by atoms with E-state index in [0.717, 1.165) is 0 Å². The summed E-state index contributed by atoms with van der Waals surface area (Å²) in [6, 6.07) is 4.77. The van der Waals surface area contributed by atoms with Crippen LogP contribution in [-0.2, 0) is 0 Å². The Bertz CT molecular complexity index is 1050. The summed E-state index contributed by atoms with van der Waals surface area (Å²) in [5.74, 6) is 4.83. The number of hydrogen-bond donors (Lipinski definition) is 0. The molecule has 0 saturated carbocycles. The topological polar surface area (TPSA) is 34.1 Å². The van der Waals surface area contributed by atoms with E-state index in [0.29, 0.717) is 16.7 Å². The Hall–Kier alpha value is -0.138. The van der Waals surface area contributed by atoms with Gasteiger partial charge in [0.15, 0.2) is 0 Å². The number of carbonyl (C=O) groups is 2. The molecule has 0 spiro atoms. The third-order valence-corrected chi connectivity index (χ3v) is 22.4. The Morgan fingerprint density at radius 1 is 1.04 bits per heavy atom. The summed E-state index contributed by atoms with van der Waals surface area (Å²) in [6.45, 7) is 0. The maximum absolute atomic E-state index is 12.5. The number of rotatable bonds is 1. The first-order chi connectivity index (χ1) is 11.5. The van der Waals surface area contributed by atoms with Crippen molar-refractivity contribution >= 4 is 91.9 Å². The minimum atomic E-state index is -2.08. The monoisotopic (exact) mass is 626 g/mol. The van der Waals surface area contributed by atoms with Gasteiger partial charge in [-0.15, -0.1) is 0 Å². The zero-order valence-corrected chi connectivity index (χ0v) is 20.6. The Kier molecular flexibility index (Phi) is 3.63. The molecule has 0 N–H and O–H groups in total. The fraction of sp³-hybridized carbons (Fsp3) is 0.111. The molecular weight excluding hydrogens is 608 g/mol. The van der Waals surface area contributed by atoms with E-state index in [1.54, 1.807) is 26.7 Å². The first-order valence-electron chi connectivity index (χ1n) is 7.58. The van der Waals surface area contributed by atoms with Crippen molar-refractivity contribution in [1.29, 1.82) is 0 Å². The van der Waals surface area contributed by atoms with E-state index in [4.69, 9.17) is 0 Å². The van der Waals surface area contributed by atoms with Crippen molar-refractivity contribution in [3.05, 3.63) is 47.3 Å². The Balaban J connectivity index is 1.63. The van der Waals surface area contributed by atoms with Gasteiger partial charge in [0.05, 0.1) is 0 Å². The average molecular weight is 620 g/mol. The van der Waals surface area contributed by atoms with E-state index in [2.05, 4.69) is 27.7 Å². The molecule has 0 fully saturated rings. The Morgan fingerprint density at radius 3 is 2.46 bits per heavy atom. The first-order valence-corrected chi connectivity index (χ1v) is 19.7. The predicted octanol–water partition coefficient (Wildman–Crippen LogP) is 2.13. The normalized spacial score (nSPS) is 17.2. The molecule has 0 atom stereocenters. The summed E-state index contributed by atoms with van der Waals surface area (Å²) in [6.07, 6.45) is 1.93. The molecule has 118 valence electrons. The number of Topliss-reactive ketones (excluding diaryl/α,β-unsaturated/α-hetero) is 2. The SMILES string of the molecule is [CH3][Ge]1([CH3])[c]2cc[te]c2-c2[te]c(C=C3C(=O)c4cscc4C3=O)c[c]21. The van der Waals surface area contributed by atoms with Crippen LogP contribution >= 0.6 is 11.3 Å². The molecule has 0 aromatic carbocycles. The molecular formula is C18H12GeO2STe2. The van der Waals surface area contributed by atoms with Gasteiger partial charge in [-0.05, 0) is 0 Å². The zero-order chi connectivity index (χ0) is 16.6. The molecule has 0 bridgehead atoms. The standard InChI is InChI=1S/C18H12GeO2STe2/c1-19(2)13-3-4-23-17(13)18-14(19)6-9(24-18)5-10-15(20)11-7-22-8-12(11)16(10)21/h3-8H,1-2H3. The van der Waals surface area contributed by atoms with Gasteiger partial charge in [0.1, 0.15) is 0 Å². The summed E-state index contributed by atoms with van der Waals surface area (Å²) >= 11 is -1.23. The van der Waals surface area contributed by atoms with Gasteiger partial charge in [-0.2, -0.15) is 0 Å². The van der Waals surface area contributed by atoms with Crippen LogP contribution in [0, 0.1) is 0 Å². The van der Waals surface area contributed by atoms with Crippen LogP contribution in [-0.4, -0.2) is 65.7 Å². The Labute approximate surface area is 165 Å². The van der Waals surface area contributed by atoms with E-state index in [-0.39, 0.29) is 32.0 Å². The van der Waals surface area contributed by atoms with Gasteiger partial charge in [0.25, 0.3) is 0 Å². The molecule has 0 unspecified atom stereocenters. The molecule has 2 nitrogen and oxygen atoms in total. The first kappa shape index (κ1) is 16.1. The van der Waals surface area contributed by atoms with Crippen molar-refractivity contribution < 1.29 is 9.59 Å². The molecule has 24 heavy (non-hydrogen) atoms. The summed E-state index contributed by atoms with van der Waals surface area (Å²) in [5.41, 5.74) is 1.60. The number of ketones is 2. The van der Waals surface area contributed by atoms with Gasteiger partial charge < -0.3 is 0 Å². The zero-order valence-electron chi connectivity index (χ0n) is 13.0. The molecule has 4 heterocycles. The third kappa shape index (κ3) is 2.07. The number of thiophene rings is 1. The van der Waals surface area contributed by atoms with Crippen LogP contribution in [0.15, 0.2) is 32.5 Å². The van der Waals surface area contributed by atoms with Gasteiger partial charge in [0, 0.05) is 0 Å². The number of hydrogen-bond acceptors (Lipinski definition) is 3. The number of fused-ring (bicyclic) bond motifs is 4. The fourth-order valence-electron chi connectivity index (χ4n) is 3.55. The van der Waals surface area contributed by atoms with Crippen molar-refractivity contribution in [1.82, 2.24) is 0 Å². The molecule has 3 aromatic rings. The number of allylic oxidation sites excluding steroid dienone is 1. The molecule has 1 aliphatic heterocycles. The molecule has 2 aliphatic rings. The second kappa shape index (κ2) is 5.43. The third-order valence-electron chi connectivity index (χ3n) is 4.90. The second-order valence-corrected chi connectivity index (χ2v) is 22.1.